The molecule has 0 amide bonds. The summed E-state index contributed by atoms with van der Waals surface area (Å²) in [5.41, 5.74) is 7.81. The lowest BCUT2D eigenvalue weighted by atomic mass is 10.0. The van der Waals surface area contributed by atoms with E-state index in [0.717, 1.165) is 49.6 Å². The van der Waals surface area contributed by atoms with Gasteiger partial charge in [0.2, 0.25) is 0 Å². The van der Waals surface area contributed by atoms with Gasteiger partial charge in [0.25, 0.3) is 0 Å². The van der Waals surface area contributed by atoms with E-state index in [9.17, 15) is 0 Å². The molecule has 1 saturated carbocycles. The molecule has 0 bridgehead atoms. The second-order valence-electron chi connectivity index (χ2n) is 7.22. The Kier molecular flexibility index (Phi) is 5.31. The van der Waals surface area contributed by atoms with E-state index in [0.29, 0.717) is 0 Å². The second-order valence-corrected chi connectivity index (χ2v) is 7.22. The normalized spacial score (nSPS) is 26.8. The fourth-order valence-corrected chi connectivity index (χ4v) is 4.12. The van der Waals surface area contributed by atoms with Crippen molar-refractivity contribution in [1.82, 2.24) is 4.90 Å². The van der Waals surface area contributed by atoms with Crippen LogP contribution in [0.2, 0.25) is 0 Å². The van der Waals surface area contributed by atoms with Crippen LogP contribution >= 0.6 is 0 Å². The molecule has 1 saturated heterocycles. The van der Waals surface area contributed by atoms with E-state index in [1.54, 1.807) is 7.11 Å². The molecule has 1 heterocycles. The van der Waals surface area contributed by atoms with Crippen LogP contribution in [0, 0.1) is 5.92 Å². The minimum Gasteiger partial charge on any atom is -0.495 e. The predicted octanol–water partition coefficient (Wildman–Crippen LogP) is 3.37. The van der Waals surface area contributed by atoms with Crippen LogP contribution in [-0.4, -0.2) is 44.2 Å². The van der Waals surface area contributed by atoms with Gasteiger partial charge in [-0.05, 0) is 37.3 Å². The van der Waals surface area contributed by atoms with Crippen LogP contribution in [0.3, 0.4) is 0 Å². The third-order valence-electron chi connectivity index (χ3n) is 5.60. The number of methoxy groups -OCH3 is 1. The van der Waals surface area contributed by atoms with E-state index in [1.165, 1.54) is 37.8 Å². The minimum atomic E-state index is 0.761. The topological polar surface area (TPSA) is 41.7 Å². The molecule has 4 nitrogen and oxygen atoms in total. The van der Waals surface area contributed by atoms with E-state index < -0.39 is 0 Å². The number of anilines is 2. The van der Waals surface area contributed by atoms with Crippen LogP contribution in [0.4, 0.5) is 11.4 Å². The quantitative estimate of drug-likeness (QED) is 0.685. The zero-order valence-electron chi connectivity index (χ0n) is 14.6. The average Bonchev–Trinajstić information content (AvgIpc) is 2.79. The second kappa shape index (κ2) is 7.43. The van der Waals surface area contributed by atoms with Crippen LogP contribution in [0.15, 0.2) is 18.2 Å². The molecule has 1 aliphatic carbocycles. The average molecular weight is 317 g/mol. The molecule has 2 N–H and O–H groups in total. The van der Waals surface area contributed by atoms with Gasteiger partial charge in [-0.25, -0.2) is 0 Å². The van der Waals surface area contributed by atoms with Gasteiger partial charge in [0.1, 0.15) is 5.75 Å². The third kappa shape index (κ3) is 3.92. The molecule has 128 valence electrons. The molecule has 2 aliphatic rings. The number of rotatable bonds is 3. The lowest BCUT2D eigenvalue weighted by Crippen LogP contribution is -2.50. The first kappa shape index (κ1) is 16.4. The summed E-state index contributed by atoms with van der Waals surface area (Å²) in [5.74, 6) is 1.81. The maximum Gasteiger partial charge on any atom is 0.144 e. The molecule has 2 atom stereocenters. The number of nitrogen functional groups attached to an aromatic ring is 1. The summed E-state index contributed by atoms with van der Waals surface area (Å²) in [6, 6.07) is 6.79. The first-order valence-corrected chi connectivity index (χ1v) is 9.10. The van der Waals surface area contributed by atoms with Crippen molar-refractivity contribution in [3.63, 3.8) is 0 Å². The van der Waals surface area contributed by atoms with Gasteiger partial charge in [0.05, 0.1) is 12.8 Å². The monoisotopic (exact) mass is 317 g/mol. The fourth-order valence-electron chi connectivity index (χ4n) is 4.12. The summed E-state index contributed by atoms with van der Waals surface area (Å²) in [6.45, 7) is 6.88. The van der Waals surface area contributed by atoms with Crippen molar-refractivity contribution in [3.05, 3.63) is 18.2 Å². The summed E-state index contributed by atoms with van der Waals surface area (Å²) in [4.78, 5) is 5.16. The van der Waals surface area contributed by atoms with Crippen LogP contribution in [0.5, 0.6) is 5.75 Å². The van der Waals surface area contributed by atoms with Crippen molar-refractivity contribution >= 4 is 11.4 Å². The Morgan fingerprint density at radius 3 is 2.57 bits per heavy atom. The number of hydrogen-bond acceptors (Lipinski definition) is 4. The molecule has 23 heavy (non-hydrogen) atoms. The number of hydrogen-bond donors (Lipinski definition) is 1. The number of piperazine rings is 1. The SMILES string of the molecule is COc1cc(N)ccc1N1CCN(C2CCCC(C)CC2)CC1. The van der Waals surface area contributed by atoms with E-state index in [1.807, 2.05) is 12.1 Å². The summed E-state index contributed by atoms with van der Waals surface area (Å²) in [6.07, 6.45) is 6.98. The number of ether oxygens (including phenoxy) is 1. The van der Waals surface area contributed by atoms with Crippen molar-refractivity contribution < 1.29 is 4.74 Å². The van der Waals surface area contributed by atoms with E-state index in [4.69, 9.17) is 10.5 Å². The van der Waals surface area contributed by atoms with Crippen molar-refractivity contribution in [2.75, 3.05) is 43.9 Å². The van der Waals surface area contributed by atoms with Gasteiger partial charge < -0.3 is 15.4 Å². The summed E-state index contributed by atoms with van der Waals surface area (Å²) in [5, 5.41) is 0. The third-order valence-corrected chi connectivity index (χ3v) is 5.60. The minimum absolute atomic E-state index is 0.761. The lowest BCUT2D eigenvalue weighted by Gasteiger charge is -2.40. The van der Waals surface area contributed by atoms with Gasteiger partial charge in [0.15, 0.2) is 0 Å². The maximum atomic E-state index is 5.87. The van der Waals surface area contributed by atoms with Crippen molar-refractivity contribution in [1.29, 1.82) is 0 Å². The fraction of sp³-hybridized carbons (Fsp3) is 0.684. The van der Waals surface area contributed by atoms with Gasteiger partial charge in [0, 0.05) is 44.0 Å². The Labute approximate surface area is 140 Å². The van der Waals surface area contributed by atoms with Crippen molar-refractivity contribution in [3.8, 4) is 5.75 Å². The van der Waals surface area contributed by atoms with Gasteiger partial charge in [-0.3, -0.25) is 4.90 Å². The summed E-state index contributed by atoms with van der Waals surface area (Å²) >= 11 is 0. The highest BCUT2D eigenvalue weighted by Crippen LogP contribution is 2.32. The molecule has 0 spiro atoms. The van der Waals surface area contributed by atoms with Gasteiger partial charge >= 0.3 is 0 Å². The highest BCUT2D eigenvalue weighted by atomic mass is 16.5. The lowest BCUT2D eigenvalue weighted by molar-refractivity contribution is 0.168. The van der Waals surface area contributed by atoms with E-state index >= 15 is 0 Å². The molecule has 1 aliphatic heterocycles. The smallest absolute Gasteiger partial charge is 0.144 e. The standard InChI is InChI=1S/C19H31N3O/c1-15-4-3-5-17(8-6-15)21-10-12-22(13-11-21)18-9-7-16(20)14-19(18)23-2/h7,9,14-15,17H,3-6,8,10-13,20H2,1-2H3. The highest BCUT2D eigenvalue weighted by molar-refractivity contribution is 5.64. The molecule has 0 aromatic heterocycles. The zero-order chi connectivity index (χ0) is 16.2. The molecular formula is C19H31N3O. The summed E-state index contributed by atoms with van der Waals surface area (Å²) < 4.78 is 5.52. The molecule has 1 aromatic rings. The molecular weight excluding hydrogens is 286 g/mol. The zero-order valence-corrected chi connectivity index (χ0v) is 14.6. The molecule has 4 heteroatoms. The molecule has 0 radical (unpaired) electrons. The van der Waals surface area contributed by atoms with Crippen LogP contribution in [0.25, 0.3) is 0 Å². The Hall–Kier alpha value is -1.42. The van der Waals surface area contributed by atoms with E-state index in [-0.39, 0.29) is 0 Å². The Bertz CT molecular complexity index is 511. The molecule has 1 aromatic carbocycles. The Morgan fingerprint density at radius 1 is 1.04 bits per heavy atom. The molecule has 3 rings (SSSR count). The maximum absolute atomic E-state index is 5.87. The van der Waals surface area contributed by atoms with Gasteiger partial charge in [-0.15, -0.1) is 0 Å². The van der Waals surface area contributed by atoms with Gasteiger partial charge in [-0.2, -0.15) is 0 Å². The number of benzene rings is 1. The van der Waals surface area contributed by atoms with Crippen LogP contribution in [0.1, 0.15) is 39.0 Å². The van der Waals surface area contributed by atoms with Crippen molar-refractivity contribution in [2.45, 2.75) is 45.1 Å². The van der Waals surface area contributed by atoms with Crippen LogP contribution in [-0.2, 0) is 0 Å². The Morgan fingerprint density at radius 2 is 1.83 bits per heavy atom. The number of nitrogens with two attached hydrogens (primary N) is 1. The first-order valence-electron chi connectivity index (χ1n) is 9.10. The highest BCUT2D eigenvalue weighted by Gasteiger charge is 2.26. The number of nitrogens with zero attached hydrogens (tertiary/aromatic N) is 2. The van der Waals surface area contributed by atoms with Crippen molar-refractivity contribution in [2.24, 2.45) is 5.92 Å². The summed E-state index contributed by atoms with van der Waals surface area (Å²) in [7, 11) is 1.72. The largest absolute Gasteiger partial charge is 0.495 e. The van der Waals surface area contributed by atoms with Gasteiger partial charge in [-0.1, -0.05) is 19.8 Å². The Balaban J connectivity index is 1.60. The predicted molar refractivity (Wildman–Crippen MR) is 97.2 cm³/mol. The van der Waals surface area contributed by atoms with E-state index in [2.05, 4.69) is 22.8 Å². The first-order chi connectivity index (χ1) is 11.2. The molecule has 2 fully saturated rings. The van der Waals surface area contributed by atoms with Crippen LogP contribution < -0.4 is 15.4 Å². The molecule has 2 unspecified atom stereocenters.